The lowest BCUT2D eigenvalue weighted by Crippen LogP contribution is -2.18. The summed E-state index contributed by atoms with van der Waals surface area (Å²) in [6, 6.07) is 4.03. The zero-order chi connectivity index (χ0) is 14.3. The largest absolute Gasteiger partial charge is 0.496 e. The molecule has 0 saturated carbocycles. The van der Waals surface area contributed by atoms with Crippen molar-refractivity contribution in [1.82, 2.24) is 0 Å². The van der Waals surface area contributed by atoms with Crippen LogP contribution in [-0.4, -0.2) is 26.9 Å². The van der Waals surface area contributed by atoms with Crippen molar-refractivity contribution in [1.29, 1.82) is 0 Å². The fourth-order valence-corrected chi connectivity index (χ4v) is 2.14. The van der Waals surface area contributed by atoms with Crippen LogP contribution in [-0.2, 0) is 12.8 Å². The fraction of sp³-hybridized carbons (Fsp3) is 0.600. The van der Waals surface area contributed by atoms with E-state index in [4.69, 9.17) is 15.2 Å². The molecule has 4 heteroatoms. The van der Waals surface area contributed by atoms with Crippen LogP contribution in [0.3, 0.4) is 0 Å². The first kappa shape index (κ1) is 15.8. The number of benzene rings is 1. The number of nitrogens with two attached hydrogens (primary N) is 1. The summed E-state index contributed by atoms with van der Waals surface area (Å²) in [7, 11) is 3.30. The van der Waals surface area contributed by atoms with Gasteiger partial charge in [0, 0.05) is 6.04 Å². The number of aryl methyl sites for hydroxylation is 1. The Balaban J connectivity index is 2.97. The average molecular weight is 269 g/mol. The van der Waals surface area contributed by atoms with E-state index < -0.39 is 0 Å². The second kappa shape index (κ2) is 8.00. The Morgan fingerprint density at radius 2 is 1.68 bits per heavy atom. The summed E-state index contributed by atoms with van der Waals surface area (Å²) in [6.07, 6.45) is 2.92. The number of ether oxygens (including phenoxy) is 2. The Bertz CT molecular complexity index is 394. The van der Waals surface area contributed by atoms with Crippen molar-refractivity contribution in [3.63, 3.8) is 0 Å². The second-order valence-corrected chi connectivity index (χ2v) is 4.80. The Labute approximate surface area is 114 Å². The molecular weight excluding hydrogens is 245 g/mol. The third-order valence-corrected chi connectivity index (χ3v) is 3.06. The molecule has 0 aliphatic rings. The molecule has 0 aliphatic carbocycles. The maximum Gasteiger partial charge on any atom is 0.122 e. The minimum absolute atomic E-state index is 0.0657. The summed E-state index contributed by atoms with van der Waals surface area (Å²) in [5, 5.41) is 0. The van der Waals surface area contributed by atoms with E-state index in [0.29, 0.717) is 6.42 Å². The lowest BCUT2D eigenvalue weighted by atomic mass is 10.00. The van der Waals surface area contributed by atoms with Crippen molar-refractivity contribution in [2.45, 2.75) is 38.6 Å². The van der Waals surface area contributed by atoms with Crippen molar-refractivity contribution in [3.8, 4) is 11.5 Å². The molecule has 0 aromatic heterocycles. The summed E-state index contributed by atoms with van der Waals surface area (Å²) in [4.78, 5) is 0. The summed E-state index contributed by atoms with van der Waals surface area (Å²) >= 11 is 0. The molecule has 0 amide bonds. The number of alkyl halides is 1. The van der Waals surface area contributed by atoms with E-state index in [1.807, 2.05) is 19.1 Å². The van der Waals surface area contributed by atoms with Crippen LogP contribution in [0.1, 0.15) is 30.9 Å². The van der Waals surface area contributed by atoms with Crippen LogP contribution in [0.2, 0.25) is 0 Å². The maximum absolute atomic E-state index is 12.2. The van der Waals surface area contributed by atoms with Crippen LogP contribution < -0.4 is 15.2 Å². The van der Waals surface area contributed by atoms with Crippen molar-refractivity contribution >= 4 is 0 Å². The van der Waals surface area contributed by atoms with Gasteiger partial charge in [-0.1, -0.05) is 0 Å². The minimum atomic E-state index is -0.276. The highest BCUT2D eigenvalue weighted by atomic mass is 19.1. The van der Waals surface area contributed by atoms with E-state index in [1.165, 1.54) is 0 Å². The lowest BCUT2D eigenvalue weighted by Gasteiger charge is -2.16. The highest BCUT2D eigenvalue weighted by Gasteiger charge is 2.12. The number of halogens is 1. The van der Waals surface area contributed by atoms with Gasteiger partial charge in [-0.25, -0.2) is 0 Å². The van der Waals surface area contributed by atoms with Gasteiger partial charge >= 0.3 is 0 Å². The first-order valence-corrected chi connectivity index (χ1v) is 6.67. The lowest BCUT2D eigenvalue weighted by molar-refractivity contribution is 0.392. The molecule has 1 aromatic rings. The van der Waals surface area contributed by atoms with Crippen LogP contribution in [0.4, 0.5) is 4.39 Å². The number of hydrogen-bond acceptors (Lipinski definition) is 3. The molecule has 3 nitrogen and oxygen atoms in total. The van der Waals surface area contributed by atoms with Crippen LogP contribution >= 0.6 is 0 Å². The predicted molar refractivity (Wildman–Crippen MR) is 75.8 cm³/mol. The quantitative estimate of drug-likeness (QED) is 0.738. The molecule has 1 atom stereocenters. The zero-order valence-corrected chi connectivity index (χ0v) is 12.0. The number of hydrogen-bond donors (Lipinski definition) is 1. The van der Waals surface area contributed by atoms with Gasteiger partial charge in [0.05, 0.1) is 20.9 Å². The van der Waals surface area contributed by atoms with Crippen LogP contribution in [0.15, 0.2) is 12.1 Å². The van der Waals surface area contributed by atoms with Crippen molar-refractivity contribution < 1.29 is 13.9 Å². The van der Waals surface area contributed by atoms with Gasteiger partial charge < -0.3 is 15.2 Å². The van der Waals surface area contributed by atoms with E-state index in [9.17, 15) is 4.39 Å². The maximum atomic E-state index is 12.2. The van der Waals surface area contributed by atoms with Gasteiger partial charge in [-0.2, -0.15) is 0 Å². The van der Waals surface area contributed by atoms with Gasteiger partial charge in [-0.3, -0.25) is 4.39 Å². The predicted octanol–water partition coefficient (Wildman–Crippen LogP) is 2.89. The molecular formula is C15H24FNO2. The van der Waals surface area contributed by atoms with E-state index in [0.717, 1.165) is 41.9 Å². The van der Waals surface area contributed by atoms with Gasteiger partial charge in [0.1, 0.15) is 11.5 Å². The topological polar surface area (TPSA) is 44.5 Å². The average Bonchev–Trinajstić information content (AvgIpc) is 2.39. The monoisotopic (exact) mass is 269 g/mol. The molecule has 108 valence electrons. The molecule has 0 heterocycles. The smallest absolute Gasteiger partial charge is 0.122 e. The number of unbranched alkanes of at least 4 members (excludes halogenated alkanes) is 1. The normalized spacial score (nSPS) is 12.3. The third kappa shape index (κ3) is 4.71. The second-order valence-electron chi connectivity index (χ2n) is 4.80. The Hall–Kier alpha value is -1.29. The molecule has 0 bridgehead atoms. The summed E-state index contributed by atoms with van der Waals surface area (Å²) in [5.41, 5.74) is 7.94. The highest BCUT2D eigenvalue weighted by Crippen LogP contribution is 2.30. The van der Waals surface area contributed by atoms with Crippen LogP contribution in [0.25, 0.3) is 0 Å². The molecule has 1 unspecified atom stereocenters. The summed E-state index contributed by atoms with van der Waals surface area (Å²) < 4.78 is 23.0. The van der Waals surface area contributed by atoms with Gasteiger partial charge in [-0.05, 0) is 55.9 Å². The van der Waals surface area contributed by atoms with Gasteiger partial charge in [0.2, 0.25) is 0 Å². The molecule has 2 N–H and O–H groups in total. The molecule has 1 aromatic carbocycles. The molecule has 1 rings (SSSR count). The van der Waals surface area contributed by atoms with E-state index in [2.05, 4.69) is 0 Å². The van der Waals surface area contributed by atoms with Gasteiger partial charge in [-0.15, -0.1) is 0 Å². The third-order valence-electron chi connectivity index (χ3n) is 3.06. The van der Waals surface area contributed by atoms with Gasteiger partial charge in [0.15, 0.2) is 0 Å². The Morgan fingerprint density at radius 1 is 1.11 bits per heavy atom. The van der Waals surface area contributed by atoms with Crippen LogP contribution in [0, 0.1) is 0 Å². The molecule has 0 aliphatic heterocycles. The summed E-state index contributed by atoms with van der Waals surface area (Å²) in [6.45, 7) is 1.68. The molecule has 19 heavy (non-hydrogen) atoms. The number of rotatable bonds is 8. The Kier molecular flexibility index (Phi) is 6.64. The zero-order valence-electron chi connectivity index (χ0n) is 12.0. The molecule has 0 fully saturated rings. The van der Waals surface area contributed by atoms with E-state index in [-0.39, 0.29) is 12.7 Å². The summed E-state index contributed by atoms with van der Waals surface area (Å²) in [5.74, 6) is 1.66. The standard InChI is InChI=1S/C15H24FNO2/c1-11(17)8-13-10-14(18-2)12(6-4-5-7-16)9-15(13)19-3/h9-11H,4-8,17H2,1-3H3. The van der Waals surface area contributed by atoms with Gasteiger partial charge in [0.25, 0.3) is 0 Å². The SMILES string of the molecule is COc1cc(CC(C)N)c(OC)cc1CCCCF. The van der Waals surface area contributed by atoms with Crippen molar-refractivity contribution in [2.75, 3.05) is 20.9 Å². The van der Waals surface area contributed by atoms with E-state index in [1.54, 1.807) is 14.2 Å². The molecule has 0 saturated heterocycles. The minimum Gasteiger partial charge on any atom is -0.496 e. The van der Waals surface area contributed by atoms with Crippen molar-refractivity contribution in [3.05, 3.63) is 23.3 Å². The van der Waals surface area contributed by atoms with Crippen LogP contribution in [0.5, 0.6) is 11.5 Å². The fourth-order valence-electron chi connectivity index (χ4n) is 2.14. The molecule has 0 radical (unpaired) electrons. The Morgan fingerprint density at radius 3 is 2.21 bits per heavy atom. The first-order chi connectivity index (χ1) is 9.12. The number of methoxy groups -OCH3 is 2. The van der Waals surface area contributed by atoms with E-state index >= 15 is 0 Å². The highest BCUT2D eigenvalue weighted by molar-refractivity contribution is 5.47. The van der Waals surface area contributed by atoms with Crippen molar-refractivity contribution in [2.24, 2.45) is 5.73 Å². The molecule has 0 spiro atoms. The first-order valence-electron chi connectivity index (χ1n) is 6.67.